The van der Waals surface area contributed by atoms with Crippen molar-refractivity contribution < 1.29 is 13.2 Å². The highest BCUT2D eigenvalue weighted by Crippen LogP contribution is 2.18. The van der Waals surface area contributed by atoms with Crippen LogP contribution in [0.4, 0.5) is 5.82 Å². The monoisotopic (exact) mass is 272 g/mol. The summed E-state index contributed by atoms with van der Waals surface area (Å²) in [5.74, 6) is 0.682. The van der Waals surface area contributed by atoms with Crippen LogP contribution in [0.5, 0.6) is 0 Å². The van der Waals surface area contributed by atoms with Gasteiger partial charge in [0, 0.05) is 19.3 Å². The second-order valence-corrected chi connectivity index (χ2v) is 5.62. The Morgan fingerprint density at radius 2 is 2.28 bits per heavy atom. The number of aromatic nitrogens is 1. The molecule has 1 aromatic heterocycles. The van der Waals surface area contributed by atoms with Gasteiger partial charge in [0.15, 0.2) is 0 Å². The molecule has 0 radical (unpaired) electrons. The number of ether oxygens (including phenoxy) is 1. The zero-order valence-corrected chi connectivity index (χ0v) is 10.6. The van der Waals surface area contributed by atoms with Crippen LogP contribution in [0, 0.1) is 0 Å². The van der Waals surface area contributed by atoms with Crippen molar-refractivity contribution in [2.45, 2.75) is 10.9 Å². The van der Waals surface area contributed by atoms with Crippen molar-refractivity contribution in [3.8, 4) is 0 Å². The maximum atomic E-state index is 11.1. The van der Waals surface area contributed by atoms with E-state index < -0.39 is 10.0 Å². The highest BCUT2D eigenvalue weighted by atomic mass is 32.2. The van der Waals surface area contributed by atoms with Crippen LogP contribution in [0.3, 0.4) is 0 Å². The fourth-order valence-electron chi connectivity index (χ4n) is 1.86. The lowest BCUT2D eigenvalue weighted by Gasteiger charge is -2.35. The van der Waals surface area contributed by atoms with Gasteiger partial charge in [0.25, 0.3) is 0 Å². The standard InChI is InChI=1S/C10H16N4O3S/c11-5-8-7-17-4-3-14(8)10-2-1-9(6-13-10)18(12,15)16/h1-2,6,8H,3-5,7,11H2,(H2,12,15,16). The number of nitrogens with zero attached hydrogens (tertiary/aromatic N) is 2. The average Bonchev–Trinajstić information content (AvgIpc) is 2.38. The van der Waals surface area contributed by atoms with Gasteiger partial charge in [-0.1, -0.05) is 0 Å². The van der Waals surface area contributed by atoms with Crippen LogP contribution in [0.25, 0.3) is 0 Å². The van der Waals surface area contributed by atoms with Gasteiger partial charge in [-0.2, -0.15) is 0 Å². The highest BCUT2D eigenvalue weighted by molar-refractivity contribution is 7.89. The van der Waals surface area contributed by atoms with E-state index in [2.05, 4.69) is 4.98 Å². The minimum atomic E-state index is -3.70. The Bertz CT molecular complexity index is 502. The van der Waals surface area contributed by atoms with E-state index in [0.717, 1.165) is 0 Å². The fourth-order valence-corrected chi connectivity index (χ4v) is 2.32. The SMILES string of the molecule is NCC1COCCN1c1ccc(S(N)(=O)=O)cn1. The number of anilines is 1. The van der Waals surface area contributed by atoms with Gasteiger partial charge >= 0.3 is 0 Å². The van der Waals surface area contributed by atoms with Gasteiger partial charge in [-0.3, -0.25) is 0 Å². The lowest BCUT2D eigenvalue weighted by Crippen LogP contribution is -2.49. The third-order valence-corrected chi connectivity index (χ3v) is 3.74. The molecule has 1 aliphatic rings. The minimum absolute atomic E-state index is 0.00353. The second-order valence-electron chi connectivity index (χ2n) is 4.05. The Morgan fingerprint density at radius 1 is 1.50 bits per heavy atom. The van der Waals surface area contributed by atoms with Gasteiger partial charge < -0.3 is 15.4 Å². The summed E-state index contributed by atoms with van der Waals surface area (Å²) in [6.45, 7) is 2.30. The van der Waals surface area contributed by atoms with Gasteiger partial charge in [-0.15, -0.1) is 0 Å². The third-order valence-electron chi connectivity index (χ3n) is 2.84. The third kappa shape index (κ3) is 2.78. The topological polar surface area (TPSA) is 112 Å². The molecule has 2 heterocycles. The largest absolute Gasteiger partial charge is 0.377 e. The lowest BCUT2D eigenvalue weighted by atomic mass is 10.2. The summed E-state index contributed by atoms with van der Waals surface area (Å²) < 4.78 is 27.6. The molecule has 7 nitrogen and oxygen atoms in total. The summed E-state index contributed by atoms with van der Waals surface area (Å²) in [7, 11) is -3.70. The van der Waals surface area contributed by atoms with Crippen LogP contribution in [-0.4, -0.2) is 45.7 Å². The summed E-state index contributed by atoms with van der Waals surface area (Å²) in [5.41, 5.74) is 5.66. The number of rotatable bonds is 3. The Morgan fingerprint density at radius 3 is 2.83 bits per heavy atom. The molecule has 0 amide bonds. The first-order valence-electron chi connectivity index (χ1n) is 5.55. The molecule has 0 bridgehead atoms. The molecule has 1 atom stereocenters. The van der Waals surface area contributed by atoms with Crippen molar-refractivity contribution in [1.29, 1.82) is 0 Å². The molecule has 4 N–H and O–H groups in total. The molecule has 0 aromatic carbocycles. The molecule has 1 unspecified atom stereocenters. The van der Waals surface area contributed by atoms with E-state index in [-0.39, 0.29) is 10.9 Å². The Balaban J connectivity index is 2.23. The van der Waals surface area contributed by atoms with Gasteiger partial charge in [0.05, 0.1) is 19.3 Å². The van der Waals surface area contributed by atoms with Gasteiger partial charge in [0.1, 0.15) is 10.7 Å². The predicted molar refractivity (Wildman–Crippen MR) is 66.6 cm³/mol. The molecule has 0 aliphatic carbocycles. The maximum Gasteiger partial charge on any atom is 0.239 e. The molecular weight excluding hydrogens is 256 g/mol. The quantitative estimate of drug-likeness (QED) is 0.722. The smallest absolute Gasteiger partial charge is 0.239 e. The van der Waals surface area contributed by atoms with E-state index in [4.69, 9.17) is 15.6 Å². The number of hydrogen-bond acceptors (Lipinski definition) is 6. The van der Waals surface area contributed by atoms with Crippen LogP contribution in [0.1, 0.15) is 0 Å². The van der Waals surface area contributed by atoms with Crippen LogP contribution < -0.4 is 15.8 Å². The second kappa shape index (κ2) is 5.19. The zero-order valence-electron chi connectivity index (χ0n) is 9.82. The van der Waals surface area contributed by atoms with E-state index in [0.29, 0.717) is 32.1 Å². The normalized spacial score (nSPS) is 21.0. The van der Waals surface area contributed by atoms with E-state index in [1.165, 1.54) is 12.3 Å². The van der Waals surface area contributed by atoms with Crippen molar-refractivity contribution >= 4 is 15.8 Å². The highest BCUT2D eigenvalue weighted by Gasteiger charge is 2.23. The molecule has 1 aromatic rings. The number of morpholine rings is 1. The minimum Gasteiger partial charge on any atom is -0.377 e. The molecule has 18 heavy (non-hydrogen) atoms. The van der Waals surface area contributed by atoms with Crippen molar-refractivity contribution in [2.75, 3.05) is 31.2 Å². The van der Waals surface area contributed by atoms with Crippen LogP contribution >= 0.6 is 0 Å². The average molecular weight is 272 g/mol. The molecule has 0 saturated carbocycles. The molecule has 1 saturated heterocycles. The number of nitrogens with two attached hydrogens (primary N) is 2. The predicted octanol–water partition coefficient (Wildman–Crippen LogP) is -1.11. The van der Waals surface area contributed by atoms with Crippen molar-refractivity contribution in [3.05, 3.63) is 18.3 Å². The van der Waals surface area contributed by atoms with Crippen LogP contribution in [-0.2, 0) is 14.8 Å². The lowest BCUT2D eigenvalue weighted by molar-refractivity contribution is 0.0958. The Kier molecular flexibility index (Phi) is 3.81. The fraction of sp³-hybridized carbons (Fsp3) is 0.500. The summed E-state index contributed by atoms with van der Waals surface area (Å²) in [4.78, 5) is 6.14. The van der Waals surface area contributed by atoms with Crippen LogP contribution in [0.15, 0.2) is 23.2 Å². The van der Waals surface area contributed by atoms with Crippen molar-refractivity contribution in [3.63, 3.8) is 0 Å². The first-order valence-corrected chi connectivity index (χ1v) is 7.10. The van der Waals surface area contributed by atoms with Crippen molar-refractivity contribution in [2.24, 2.45) is 10.9 Å². The molecule has 0 spiro atoms. The van der Waals surface area contributed by atoms with Crippen molar-refractivity contribution in [1.82, 2.24) is 4.98 Å². The number of pyridine rings is 1. The number of hydrogen-bond donors (Lipinski definition) is 2. The Labute approximate surface area is 106 Å². The summed E-state index contributed by atoms with van der Waals surface area (Å²) >= 11 is 0. The maximum absolute atomic E-state index is 11.1. The first kappa shape index (κ1) is 13.2. The summed E-state index contributed by atoms with van der Waals surface area (Å²) in [6, 6.07) is 3.14. The molecule has 100 valence electrons. The zero-order chi connectivity index (χ0) is 13.2. The van der Waals surface area contributed by atoms with Gasteiger partial charge in [-0.25, -0.2) is 18.5 Å². The molecule has 2 rings (SSSR count). The van der Waals surface area contributed by atoms with E-state index in [1.807, 2.05) is 4.90 Å². The van der Waals surface area contributed by atoms with E-state index in [9.17, 15) is 8.42 Å². The summed E-state index contributed by atoms with van der Waals surface area (Å²) in [6.07, 6.45) is 1.26. The van der Waals surface area contributed by atoms with Crippen LogP contribution in [0.2, 0.25) is 0 Å². The molecule has 1 aliphatic heterocycles. The Hall–Kier alpha value is -1.22. The van der Waals surface area contributed by atoms with Gasteiger partial charge in [-0.05, 0) is 12.1 Å². The van der Waals surface area contributed by atoms with E-state index in [1.54, 1.807) is 6.07 Å². The molecular formula is C10H16N4O3S. The molecule has 8 heteroatoms. The number of sulfonamides is 1. The van der Waals surface area contributed by atoms with E-state index >= 15 is 0 Å². The number of primary sulfonamides is 1. The molecule has 1 fully saturated rings. The summed E-state index contributed by atoms with van der Waals surface area (Å²) in [5, 5.41) is 5.02. The van der Waals surface area contributed by atoms with Gasteiger partial charge in [0.2, 0.25) is 10.0 Å². The first-order chi connectivity index (χ1) is 8.52.